The van der Waals surface area contributed by atoms with Gasteiger partial charge in [-0.2, -0.15) is 0 Å². The normalized spacial score (nSPS) is 15.3. The van der Waals surface area contributed by atoms with E-state index in [0.717, 1.165) is 31.2 Å². The predicted octanol–water partition coefficient (Wildman–Crippen LogP) is 3.67. The molecule has 30 heavy (non-hydrogen) atoms. The zero-order valence-electron chi connectivity index (χ0n) is 18.3. The third kappa shape index (κ3) is 4.89. The number of aromatic nitrogens is 2. The molecule has 1 amide bonds. The zero-order valence-corrected chi connectivity index (χ0v) is 18.3. The summed E-state index contributed by atoms with van der Waals surface area (Å²) in [6, 6.07) is 7.51. The van der Waals surface area contributed by atoms with Crippen LogP contribution >= 0.6 is 0 Å². The molecule has 1 aromatic carbocycles. The van der Waals surface area contributed by atoms with Crippen LogP contribution in [0.5, 0.6) is 0 Å². The Morgan fingerprint density at radius 1 is 1.03 bits per heavy atom. The van der Waals surface area contributed by atoms with Crippen LogP contribution in [0.1, 0.15) is 56.9 Å². The molecule has 1 aromatic heterocycles. The molecule has 0 N–H and O–H groups in total. The van der Waals surface area contributed by atoms with Crippen molar-refractivity contribution >= 4 is 28.7 Å². The van der Waals surface area contributed by atoms with Crippen molar-refractivity contribution in [3.63, 3.8) is 0 Å². The van der Waals surface area contributed by atoms with Gasteiger partial charge < -0.3 is 14.5 Å². The van der Waals surface area contributed by atoms with E-state index in [1.807, 2.05) is 34.1 Å². The lowest BCUT2D eigenvalue weighted by molar-refractivity contribution is -0.136. The minimum atomic E-state index is -0.463. The number of ether oxygens (including phenoxy) is 1. The Labute approximate surface area is 178 Å². The van der Waals surface area contributed by atoms with Crippen molar-refractivity contribution in [2.75, 3.05) is 37.7 Å². The van der Waals surface area contributed by atoms with Crippen molar-refractivity contribution in [2.45, 2.75) is 46.5 Å². The van der Waals surface area contributed by atoms with Gasteiger partial charge >= 0.3 is 5.97 Å². The summed E-state index contributed by atoms with van der Waals surface area (Å²) in [4.78, 5) is 38.7. The first-order chi connectivity index (χ1) is 14.6. The summed E-state index contributed by atoms with van der Waals surface area (Å²) in [6.07, 6.45) is 4.02. The standard InChI is InChI=1S/C23H32N4O3/c1-4-7-10-17(5-2)22(28)27-15-13-26(14-16-27)21-20(23(29)30-6-3)24-18-11-8-9-12-19(18)25-21/h8-9,11-12,17H,4-7,10,13-16H2,1-3H3/t17-/m0/s1. The lowest BCUT2D eigenvalue weighted by Gasteiger charge is -2.37. The van der Waals surface area contributed by atoms with Gasteiger partial charge in [-0.3, -0.25) is 4.79 Å². The van der Waals surface area contributed by atoms with E-state index in [1.54, 1.807) is 6.92 Å². The molecule has 0 radical (unpaired) electrons. The first kappa shape index (κ1) is 22.0. The summed E-state index contributed by atoms with van der Waals surface area (Å²) < 4.78 is 5.22. The molecule has 7 heteroatoms. The second-order valence-corrected chi connectivity index (χ2v) is 7.66. The molecular weight excluding hydrogens is 380 g/mol. The van der Waals surface area contributed by atoms with E-state index in [0.29, 0.717) is 37.5 Å². The first-order valence-corrected chi connectivity index (χ1v) is 11.1. The van der Waals surface area contributed by atoms with Crippen LogP contribution in [0.15, 0.2) is 24.3 Å². The fraction of sp³-hybridized carbons (Fsp3) is 0.565. The maximum atomic E-state index is 12.9. The Morgan fingerprint density at radius 3 is 2.30 bits per heavy atom. The number of anilines is 1. The number of amides is 1. The summed E-state index contributed by atoms with van der Waals surface area (Å²) in [7, 11) is 0. The summed E-state index contributed by atoms with van der Waals surface area (Å²) in [5.74, 6) is 0.431. The Morgan fingerprint density at radius 2 is 1.70 bits per heavy atom. The minimum absolute atomic E-state index is 0.104. The van der Waals surface area contributed by atoms with Gasteiger partial charge in [0.1, 0.15) is 0 Å². The number of rotatable bonds is 8. The van der Waals surface area contributed by atoms with E-state index in [4.69, 9.17) is 9.72 Å². The number of fused-ring (bicyclic) bond motifs is 1. The molecule has 7 nitrogen and oxygen atoms in total. The maximum absolute atomic E-state index is 12.9. The van der Waals surface area contributed by atoms with Crippen LogP contribution in [0.3, 0.4) is 0 Å². The topological polar surface area (TPSA) is 75.6 Å². The van der Waals surface area contributed by atoms with Gasteiger partial charge in [0.15, 0.2) is 11.5 Å². The van der Waals surface area contributed by atoms with Gasteiger partial charge in [0.2, 0.25) is 5.91 Å². The first-order valence-electron chi connectivity index (χ1n) is 11.1. The number of carbonyl (C=O) groups is 2. The number of esters is 1. The molecule has 3 rings (SSSR count). The highest BCUT2D eigenvalue weighted by atomic mass is 16.5. The fourth-order valence-electron chi connectivity index (χ4n) is 3.90. The summed E-state index contributed by atoms with van der Waals surface area (Å²) in [5, 5.41) is 0. The summed E-state index contributed by atoms with van der Waals surface area (Å²) >= 11 is 0. The van der Waals surface area contributed by atoms with Crippen LogP contribution in [0.25, 0.3) is 11.0 Å². The largest absolute Gasteiger partial charge is 0.461 e. The van der Waals surface area contributed by atoms with E-state index in [-0.39, 0.29) is 24.1 Å². The maximum Gasteiger partial charge on any atom is 0.360 e. The van der Waals surface area contributed by atoms with Crippen molar-refractivity contribution < 1.29 is 14.3 Å². The van der Waals surface area contributed by atoms with Gasteiger partial charge in [-0.25, -0.2) is 14.8 Å². The third-order valence-corrected chi connectivity index (χ3v) is 5.66. The Balaban J connectivity index is 1.78. The van der Waals surface area contributed by atoms with Crippen molar-refractivity contribution in [3.8, 4) is 0 Å². The molecule has 1 fully saturated rings. The smallest absolute Gasteiger partial charge is 0.360 e. The highest BCUT2D eigenvalue weighted by Gasteiger charge is 2.29. The molecule has 0 bridgehead atoms. The molecule has 162 valence electrons. The molecule has 1 atom stereocenters. The minimum Gasteiger partial charge on any atom is -0.461 e. The SMILES string of the molecule is CCCC[C@H](CC)C(=O)N1CCN(c2nc3ccccc3nc2C(=O)OCC)CC1. The number of carbonyl (C=O) groups excluding carboxylic acids is 2. The van der Waals surface area contributed by atoms with Crippen molar-refractivity contribution in [1.82, 2.24) is 14.9 Å². The van der Waals surface area contributed by atoms with Crippen molar-refractivity contribution in [2.24, 2.45) is 5.92 Å². The van der Waals surface area contributed by atoms with Crippen LogP contribution in [0.4, 0.5) is 5.82 Å². The second kappa shape index (κ2) is 10.4. The average Bonchev–Trinajstić information content (AvgIpc) is 2.78. The van der Waals surface area contributed by atoms with Gasteiger partial charge in [-0.05, 0) is 31.9 Å². The van der Waals surface area contributed by atoms with Crippen LogP contribution < -0.4 is 4.90 Å². The van der Waals surface area contributed by atoms with Crippen LogP contribution in [0.2, 0.25) is 0 Å². The van der Waals surface area contributed by atoms with E-state index in [2.05, 4.69) is 18.8 Å². The molecule has 1 aliphatic heterocycles. The van der Waals surface area contributed by atoms with Crippen LogP contribution in [-0.4, -0.2) is 59.5 Å². The zero-order chi connectivity index (χ0) is 21.5. The van der Waals surface area contributed by atoms with Gasteiger partial charge in [-0.1, -0.05) is 38.8 Å². The van der Waals surface area contributed by atoms with Crippen molar-refractivity contribution in [3.05, 3.63) is 30.0 Å². The molecule has 1 saturated heterocycles. The van der Waals surface area contributed by atoms with Crippen LogP contribution in [-0.2, 0) is 9.53 Å². The van der Waals surface area contributed by atoms with E-state index < -0.39 is 5.97 Å². The lowest BCUT2D eigenvalue weighted by atomic mass is 9.97. The Hall–Kier alpha value is -2.70. The predicted molar refractivity (Wildman–Crippen MR) is 118 cm³/mol. The number of piperazine rings is 1. The molecule has 0 spiro atoms. The number of para-hydroxylation sites is 2. The molecule has 2 aromatic rings. The molecule has 0 unspecified atom stereocenters. The van der Waals surface area contributed by atoms with E-state index in [1.165, 1.54) is 0 Å². The highest BCUT2D eigenvalue weighted by molar-refractivity contribution is 5.95. The van der Waals surface area contributed by atoms with Gasteiger partial charge in [0.05, 0.1) is 17.6 Å². The number of hydrogen-bond acceptors (Lipinski definition) is 6. The highest BCUT2D eigenvalue weighted by Crippen LogP contribution is 2.24. The Kier molecular flexibility index (Phi) is 7.60. The lowest BCUT2D eigenvalue weighted by Crippen LogP contribution is -2.51. The summed E-state index contributed by atoms with van der Waals surface area (Å²) in [6.45, 7) is 8.79. The molecule has 2 heterocycles. The van der Waals surface area contributed by atoms with Crippen LogP contribution in [0, 0.1) is 5.92 Å². The van der Waals surface area contributed by atoms with E-state index >= 15 is 0 Å². The van der Waals surface area contributed by atoms with Crippen molar-refractivity contribution in [1.29, 1.82) is 0 Å². The second-order valence-electron chi connectivity index (χ2n) is 7.66. The number of benzene rings is 1. The van der Waals surface area contributed by atoms with E-state index in [9.17, 15) is 9.59 Å². The third-order valence-electron chi connectivity index (χ3n) is 5.66. The van der Waals surface area contributed by atoms with Gasteiger partial charge in [-0.15, -0.1) is 0 Å². The number of nitrogens with zero attached hydrogens (tertiary/aromatic N) is 4. The van der Waals surface area contributed by atoms with Gasteiger partial charge in [0.25, 0.3) is 0 Å². The van der Waals surface area contributed by atoms with Gasteiger partial charge in [0, 0.05) is 32.1 Å². The Bertz CT molecular complexity index is 878. The molecule has 1 aliphatic rings. The number of hydrogen-bond donors (Lipinski definition) is 0. The average molecular weight is 413 g/mol. The fourth-order valence-corrected chi connectivity index (χ4v) is 3.90. The molecular formula is C23H32N4O3. The molecule has 0 saturated carbocycles. The summed E-state index contributed by atoms with van der Waals surface area (Å²) in [5.41, 5.74) is 1.65. The molecule has 0 aliphatic carbocycles. The monoisotopic (exact) mass is 412 g/mol. The number of unbranched alkanes of at least 4 members (excludes halogenated alkanes) is 1. The quantitative estimate of drug-likeness (QED) is 0.616.